The molecule has 7 heteroatoms. The average molecular weight is 300 g/mol. The summed E-state index contributed by atoms with van der Waals surface area (Å²) in [6, 6.07) is 2.00. The molecule has 0 amide bonds. The molecule has 0 N–H and O–H groups in total. The van der Waals surface area contributed by atoms with Crippen LogP contribution in [0.4, 0.5) is 13.2 Å². The first-order valence-electron chi connectivity index (χ1n) is 7.03. The molecule has 1 aliphatic rings. The number of nitriles is 1. The Kier molecular flexibility index (Phi) is 4.57. The van der Waals surface area contributed by atoms with Crippen molar-refractivity contribution in [3.63, 3.8) is 0 Å². The van der Waals surface area contributed by atoms with E-state index in [2.05, 4.69) is 5.10 Å². The molecule has 1 aromatic heterocycles. The number of aromatic nitrogens is 2. The van der Waals surface area contributed by atoms with Gasteiger partial charge in [-0.25, -0.2) is 0 Å². The van der Waals surface area contributed by atoms with Crippen molar-refractivity contribution in [1.82, 2.24) is 14.7 Å². The van der Waals surface area contributed by atoms with E-state index in [1.54, 1.807) is 0 Å². The Morgan fingerprint density at radius 1 is 1.43 bits per heavy atom. The van der Waals surface area contributed by atoms with Gasteiger partial charge < -0.3 is 4.90 Å². The lowest BCUT2D eigenvalue weighted by Gasteiger charge is -2.22. The van der Waals surface area contributed by atoms with Crippen molar-refractivity contribution in [3.05, 3.63) is 17.0 Å². The first kappa shape index (κ1) is 15.8. The van der Waals surface area contributed by atoms with Crippen LogP contribution in [0.3, 0.4) is 0 Å². The summed E-state index contributed by atoms with van der Waals surface area (Å²) in [5, 5.41) is 12.7. The molecule has 4 nitrogen and oxygen atoms in total. The molecule has 1 atom stereocenters. The van der Waals surface area contributed by atoms with Gasteiger partial charge in [-0.05, 0) is 33.4 Å². The fourth-order valence-electron chi connectivity index (χ4n) is 2.87. The van der Waals surface area contributed by atoms with Crippen molar-refractivity contribution in [2.24, 2.45) is 0 Å². The SMILES string of the molecule is CN(C)CCn1nc(C(F)(F)F)c2c1CCCC2CC#N. The van der Waals surface area contributed by atoms with Gasteiger partial charge in [-0.2, -0.15) is 23.5 Å². The van der Waals surface area contributed by atoms with Crippen LogP contribution >= 0.6 is 0 Å². The highest BCUT2D eigenvalue weighted by Gasteiger charge is 2.42. The van der Waals surface area contributed by atoms with E-state index in [4.69, 9.17) is 5.26 Å². The molecule has 0 spiro atoms. The number of alkyl halides is 3. The van der Waals surface area contributed by atoms with Gasteiger partial charge in [-0.3, -0.25) is 4.68 Å². The second-order valence-corrected chi connectivity index (χ2v) is 5.68. The summed E-state index contributed by atoms with van der Waals surface area (Å²) in [6.45, 7) is 1.07. The van der Waals surface area contributed by atoms with E-state index in [9.17, 15) is 13.2 Å². The fourth-order valence-corrected chi connectivity index (χ4v) is 2.87. The van der Waals surface area contributed by atoms with Gasteiger partial charge in [0.25, 0.3) is 0 Å². The zero-order valence-corrected chi connectivity index (χ0v) is 12.2. The minimum atomic E-state index is -4.46. The lowest BCUT2D eigenvalue weighted by Crippen LogP contribution is -2.21. The monoisotopic (exact) mass is 300 g/mol. The third-order valence-electron chi connectivity index (χ3n) is 3.84. The lowest BCUT2D eigenvalue weighted by molar-refractivity contribution is -0.142. The molecule has 21 heavy (non-hydrogen) atoms. The van der Waals surface area contributed by atoms with Gasteiger partial charge in [-0.1, -0.05) is 0 Å². The Labute approximate surface area is 122 Å². The molecule has 0 aromatic carbocycles. The van der Waals surface area contributed by atoms with Crippen LogP contribution in [0, 0.1) is 11.3 Å². The van der Waals surface area contributed by atoms with Crippen LogP contribution in [0.2, 0.25) is 0 Å². The molecule has 0 fully saturated rings. The first-order chi connectivity index (χ1) is 9.84. The first-order valence-corrected chi connectivity index (χ1v) is 7.03. The molecule has 1 aliphatic carbocycles. The molecule has 1 unspecified atom stereocenters. The molecule has 0 bridgehead atoms. The number of hydrogen-bond donors (Lipinski definition) is 0. The summed E-state index contributed by atoms with van der Waals surface area (Å²) in [5.74, 6) is -0.344. The Morgan fingerprint density at radius 3 is 2.71 bits per heavy atom. The van der Waals surface area contributed by atoms with Gasteiger partial charge in [-0.15, -0.1) is 0 Å². The topological polar surface area (TPSA) is 44.9 Å². The van der Waals surface area contributed by atoms with Crippen molar-refractivity contribution < 1.29 is 13.2 Å². The normalized spacial score (nSPS) is 18.6. The fraction of sp³-hybridized carbons (Fsp3) is 0.714. The maximum absolute atomic E-state index is 13.2. The third-order valence-corrected chi connectivity index (χ3v) is 3.84. The van der Waals surface area contributed by atoms with Crippen LogP contribution in [0.1, 0.15) is 42.1 Å². The Hall–Kier alpha value is -1.55. The highest BCUT2D eigenvalue weighted by Crippen LogP contribution is 2.42. The predicted octanol–water partition coefficient (Wildman–Crippen LogP) is 2.80. The molecule has 1 aromatic rings. The molecule has 1 heterocycles. The summed E-state index contributed by atoms with van der Waals surface area (Å²) in [7, 11) is 3.75. The van der Waals surface area contributed by atoms with Crippen LogP contribution in [0.5, 0.6) is 0 Å². The second-order valence-electron chi connectivity index (χ2n) is 5.68. The van der Waals surface area contributed by atoms with E-state index in [-0.39, 0.29) is 17.9 Å². The van der Waals surface area contributed by atoms with E-state index >= 15 is 0 Å². The molecule has 2 rings (SSSR count). The smallest absolute Gasteiger partial charge is 0.308 e. The number of rotatable bonds is 4. The largest absolute Gasteiger partial charge is 0.435 e. The van der Waals surface area contributed by atoms with Crippen LogP contribution in [0.25, 0.3) is 0 Å². The lowest BCUT2D eigenvalue weighted by atomic mass is 9.83. The van der Waals surface area contributed by atoms with Crippen LogP contribution in [-0.4, -0.2) is 35.3 Å². The maximum Gasteiger partial charge on any atom is 0.435 e. The molecule has 0 saturated carbocycles. The summed E-state index contributed by atoms with van der Waals surface area (Å²) in [6.07, 6.45) is -2.30. The minimum absolute atomic E-state index is 0.120. The molecule has 0 aliphatic heterocycles. The van der Waals surface area contributed by atoms with Gasteiger partial charge in [0, 0.05) is 30.1 Å². The third kappa shape index (κ3) is 3.38. The van der Waals surface area contributed by atoms with Crippen molar-refractivity contribution >= 4 is 0 Å². The predicted molar refractivity (Wildman–Crippen MR) is 71.7 cm³/mol. The summed E-state index contributed by atoms with van der Waals surface area (Å²) >= 11 is 0. The van der Waals surface area contributed by atoms with E-state index in [0.29, 0.717) is 31.6 Å². The molecule has 116 valence electrons. The second kappa shape index (κ2) is 6.06. The summed E-state index contributed by atoms with van der Waals surface area (Å²) in [5.41, 5.74) is 0.126. The number of nitrogens with zero attached hydrogens (tertiary/aromatic N) is 4. The molecular weight excluding hydrogens is 281 g/mol. The van der Waals surface area contributed by atoms with Crippen LogP contribution in [0.15, 0.2) is 0 Å². The van der Waals surface area contributed by atoms with Crippen LogP contribution < -0.4 is 0 Å². The van der Waals surface area contributed by atoms with E-state index < -0.39 is 11.9 Å². The zero-order chi connectivity index (χ0) is 15.6. The van der Waals surface area contributed by atoms with Gasteiger partial charge in [0.05, 0.1) is 12.6 Å². The number of hydrogen-bond acceptors (Lipinski definition) is 3. The number of halogens is 3. The van der Waals surface area contributed by atoms with Crippen molar-refractivity contribution in [3.8, 4) is 6.07 Å². The van der Waals surface area contributed by atoms with Crippen LogP contribution in [-0.2, 0) is 19.1 Å². The maximum atomic E-state index is 13.2. The quantitative estimate of drug-likeness (QED) is 0.859. The Bertz CT molecular complexity index is 540. The van der Waals surface area contributed by atoms with Gasteiger partial charge in [0.15, 0.2) is 5.69 Å². The molecule has 0 saturated heterocycles. The van der Waals surface area contributed by atoms with E-state index in [1.807, 2.05) is 25.1 Å². The minimum Gasteiger partial charge on any atom is -0.308 e. The van der Waals surface area contributed by atoms with E-state index in [1.165, 1.54) is 4.68 Å². The van der Waals surface area contributed by atoms with Crippen molar-refractivity contribution in [1.29, 1.82) is 5.26 Å². The standard InChI is InChI=1S/C14H19F3N4/c1-20(2)8-9-21-11-5-3-4-10(6-7-18)12(11)13(19-21)14(15,16)17/h10H,3-6,8-9H2,1-2H3. The molecule has 0 radical (unpaired) electrons. The van der Waals surface area contributed by atoms with Gasteiger partial charge in [0.1, 0.15) is 0 Å². The Balaban J connectivity index is 2.44. The summed E-state index contributed by atoms with van der Waals surface area (Å²) < 4.78 is 41.2. The van der Waals surface area contributed by atoms with Crippen molar-refractivity contribution in [2.75, 3.05) is 20.6 Å². The zero-order valence-electron chi connectivity index (χ0n) is 12.2. The average Bonchev–Trinajstić information content (AvgIpc) is 2.76. The number of likely N-dealkylation sites (N-methyl/N-ethyl adjacent to an activating group) is 1. The highest BCUT2D eigenvalue weighted by atomic mass is 19.4. The highest BCUT2D eigenvalue weighted by molar-refractivity contribution is 5.35. The van der Waals surface area contributed by atoms with Crippen molar-refractivity contribution in [2.45, 2.75) is 44.3 Å². The summed E-state index contributed by atoms with van der Waals surface area (Å²) in [4.78, 5) is 1.91. The van der Waals surface area contributed by atoms with Gasteiger partial charge >= 0.3 is 6.18 Å². The van der Waals surface area contributed by atoms with Gasteiger partial charge in [0.2, 0.25) is 0 Å². The number of fused-ring (bicyclic) bond motifs is 1. The molecular formula is C14H19F3N4. The Morgan fingerprint density at radius 2 is 2.14 bits per heavy atom. The van der Waals surface area contributed by atoms with E-state index in [0.717, 1.165) is 6.42 Å².